The van der Waals surface area contributed by atoms with Crippen LogP contribution in [0.4, 0.5) is 5.69 Å². The van der Waals surface area contributed by atoms with Crippen LogP contribution in [0.2, 0.25) is 10.0 Å². The number of methoxy groups -OCH3 is 1. The normalized spacial score (nSPS) is 19.7. The molecule has 4 aromatic rings. The maximum Gasteiger partial charge on any atom is 0.321 e. The number of rotatable bonds is 6. The standard InChI is InChI=1S/C30H30Cl2N4O3/c1-39-27-9-6-18(28-29-22(16-26(34-28)30(37)38)21-4-2-3-5-25(21)33-29)14-19(27)17-35-10-12-36(13-11-35)20-7-8-23(31)24(32)15-20/h2-9,14-15,26,28,33-34H,10-13,16-17H2,1H3,(H,37,38)/t26-,28+/m0/s1. The molecule has 6 rings (SSSR count). The summed E-state index contributed by atoms with van der Waals surface area (Å²) in [6.45, 7) is 4.28. The lowest BCUT2D eigenvalue weighted by Crippen LogP contribution is -2.46. The monoisotopic (exact) mass is 564 g/mol. The summed E-state index contributed by atoms with van der Waals surface area (Å²) >= 11 is 12.3. The fourth-order valence-electron chi connectivity index (χ4n) is 5.84. The van der Waals surface area contributed by atoms with Gasteiger partial charge in [-0.3, -0.25) is 15.0 Å². The van der Waals surface area contributed by atoms with E-state index in [-0.39, 0.29) is 6.04 Å². The van der Waals surface area contributed by atoms with Gasteiger partial charge < -0.3 is 19.7 Å². The minimum absolute atomic E-state index is 0.265. The number of anilines is 1. The molecule has 0 amide bonds. The number of carboxylic acid groups (broad SMARTS) is 1. The molecule has 0 bridgehead atoms. The largest absolute Gasteiger partial charge is 0.496 e. The van der Waals surface area contributed by atoms with Crippen molar-refractivity contribution >= 4 is 45.8 Å². The van der Waals surface area contributed by atoms with Crippen LogP contribution in [0.25, 0.3) is 10.9 Å². The first kappa shape index (κ1) is 26.0. The molecule has 2 aliphatic heterocycles. The number of carbonyl (C=O) groups is 1. The number of hydrogen-bond donors (Lipinski definition) is 3. The summed E-state index contributed by atoms with van der Waals surface area (Å²) in [5.41, 5.74) is 6.29. The van der Waals surface area contributed by atoms with Crippen LogP contribution >= 0.6 is 23.2 Å². The summed E-state index contributed by atoms with van der Waals surface area (Å²) in [4.78, 5) is 20.4. The lowest BCUT2D eigenvalue weighted by atomic mass is 9.89. The minimum Gasteiger partial charge on any atom is -0.496 e. The Morgan fingerprint density at radius 1 is 1.03 bits per heavy atom. The number of para-hydroxylation sites is 1. The van der Waals surface area contributed by atoms with Crippen LogP contribution in [-0.4, -0.2) is 60.3 Å². The van der Waals surface area contributed by atoms with Crippen molar-refractivity contribution in [2.45, 2.75) is 25.0 Å². The van der Waals surface area contributed by atoms with Crippen molar-refractivity contribution in [3.8, 4) is 5.75 Å². The van der Waals surface area contributed by atoms with E-state index in [0.29, 0.717) is 16.5 Å². The van der Waals surface area contributed by atoms with Crippen molar-refractivity contribution in [3.05, 3.63) is 93.1 Å². The number of halogens is 2. The van der Waals surface area contributed by atoms with Gasteiger partial charge in [-0.15, -0.1) is 0 Å². The molecule has 0 radical (unpaired) electrons. The summed E-state index contributed by atoms with van der Waals surface area (Å²) in [6.07, 6.45) is 0.442. The predicted molar refractivity (Wildman–Crippen MR) is 155 cm³/mol. The Morgan fingerprint density at radius 2 is 1.82 bits per heavy atom. The van der Waals surface area contributed by atoms with Gasteiger partial charge >= 0.3 is 5.97 Å². The SMILES string of the molecule is COc1ccc([C@H]2N[C@H](C(=O)O)Cc3c2[nH]c2ccccc32)cc1CN1CCN(c2ccc(Cl)c(Cl)c2)CC1. The molecule has 3 N–H and O–H groups in total. The second-order valence-electron chi connectivity index (χ2n) is 10.2. The van der Waals surface area contributed by atoms with Crippen LogP contribution in [0.5, 0.6) is 5.75 Å². The molecule has 3 aromatic carbocycles. The molecule has 202 valence electrons. The summed E-state index contributed by atoms with van der Waals surface area (Å²) < 4.78 is 5.73. The van der Waals surface area contributed by atoms with Crippen molar-refractivity contribution in [1.82, 2.24) is 15.2 Å². The van der Waals surface area contributed by atoms with E-state index in [9.17, 15) is 9.90 Å². The van der Waals surface area contributed by atoms with E-state index in [1.165, 1.54) is 0 Å². The van der Waals surface area contributed by atoms with Crippen molar-refractivity contribution in [1.29, 1.82) is 0 Å². The summed E-state index contributed by atoms with van der Waals surface area (Å²) in [7, 11) is 1.69. The lowest BCUT2D eigenvalue weighted by molar-refractivity contribution is -0.139. The highest BCUT2D eigenvalue weighted by Gasteiger charge is 2.34. The number of nitrogens with one attached hydrogen (secondary N) is 2. The molecule has 1 aromatic heterocycles. The maximum atomic E-state index is 12.1. The van der Waals surface area contributed by atoms with E-state index in [0.717, 1.165) is 77.4 Å². The topological polar surface area (TPSA) is 80.8 Å². The predicted octanol–water partition coefficient (Wildman–Crippen LogP) is 5.49. The van der Waals surface area contributed by atoms with Crippen molar-refractivity contribution in [2.75, 3.05) is 38.2 Å². The van der Waals surface area contributed by atoms with Crippen molar-refractivity contribution < 1.29 is 14.6 Å². The number of aromatic nitrogens is 1. The van der Waals surface area contributed by atoms with Crippen LogP contribution < -0.4 is 15.0 Å². The number of hydrogen-bond acceptors (Lipinski definition) is 5. The number of aromatic amines is 1. The van der Waals surface area contributed by atoms with Crippen LogP contribution in [0.15, 0.2) is 60.7 Å². The molecule has 1 fully saturated rings. The van der Waals surface area contributed by atoms with Gasteiger partial charge in [0, 0.05) is 67.0 Å². The second kappa shape index (κ2) is 10.7. The van der Waals surface area contributed by atoms with Crippen LogP contribution in [-0.2, 0) is 17.8 Å². The number of H-pyrrole nitrogens is 1. The van der Waals surface area contributed by atoms with Gasteiger partial charge in [0.2, 0.25) is 0 Å². The van der Waals surface area contributed by atoms with Gasteiger partial charge in [0.15, 0.2) is 0 Å². The Labute approximate surface area is 237 Å². The number of benzene rings is 3. The molecule has 3 heterocycles. The van der Waals surface area contributed by atoms with Crippen molar-refractivity contribution in [3.63, 3.8) is 0 Å². The second-order valence-corrected chi connectivity index (χ2v) is 11.0. The van der Waals surface area contributed by atoms with E-state index in [2.05, 4.69) is 32.2 Å². The van der Waals surface area contributed by atoms with E-state index in [4.69, 9.17) is 27.9 Å². The highest BCUT2D eigenvalue weighted by atomic mass is 35.5. The van der Waals surface area contributed by atoms with E-state index < -0.39 is 12.0 Å². The molecule has 0 aliphatic carbocycles. The quantitative estimate of drug-likeness (QED) is 0.287. The van der Waals surface area contributed by atoms with Crippen LogP contribution in [0, 0.1) is 0 Å². The number of ether oxygens (including phenoxy) is 1. The zero-order chi connectivity index (χ0) is 27.1. The number of aliphatic carboxylic acids is 1. The van der Waals surface area contributed by atoms with Crippen LogP contribution in [0.1, 0.15) is 28.4 Å². The Hall–Kier alpha value is -3.23. The summed E-state index contributed by atoms with van der Waals surface area (Å²) in [5, 5.41) is 15.5. The van der Waals surface area contributed by atoms with Gasteiger partial charge in [0.25, 0.3) is 0 Å². The van der Waals surface area contributed by atoms with Crippen LogP contribution in [0.3, 0.4) is 0 Å². The van der Waals surface area contributed by atoms with Crippen molar-refractivity contribution in [2.24, 2.45) is 0 Å². The van der Waals surface area contributed by atoms with Gasteiger partial charge in [0.05, 0.1) is 23.2 Å². The zero-order valence-electron chi connectivity index (χ0n) is 21.6. The zero-order valence-corrected chi connectivity index (χ0v) is 23.1. The molecule has 1 saturated heterocycles. The molecule has 0 spiro atoms. The molecule has 7 nitrogen and oxygen atoms in total. The third-order valence-electron chi connectivity index (χ3n) is 7.88. The minimum atomic E-state index is -0.843. The first-order valence-corrected chi connectivity index (χ1v) is 13.8. The molecule has 2 atom stereocenters. The fourth-order valence-corrected chi connectivity index (χ4v) is 6.14. The van der Waals surface area contributed by atoms with E-state index in [1.807, 2.05) is 48.5 Å². The smallest absolute Gasteiger partial charge is 0.321 e. The molecular weight excluding hydrogens is 535 g/mol. The highest BCUT2D eigenvalue weighted by Crippen LogP contribution is 2.37. The summed E-state index contributed by atoms with van der Waals surface area (Å²) in [6, 6.07) is 19.1. The molecule has 9 heteroatoms. The molecular formula is C30H30Cl2N4O3. The van der Waals surface area contributed by atoms with Gasteiger partial charge in [-0.05, 0) is 47.5 Å². The van der Waals surface area contributed by atoms with E-state index in [1.54, 1.807) is 7.11 Å². The maximum absolute atomic E-state index is 12.1. The first-order valence-electron chi connectivity index (χ1n) is 13.1. The molecule has 0 unspecified atom stereocenters. The lowest BCUT2D eigenvalue weighted by Gasteiger charge is -2.36. The Bertz CT molecular complexity index is 1530. The van der Waals surface area contributed by atoms with Gasteiger partial charge in [-0.2, -0.15) is 0 Å². The summed E-state index contributed by atoms with van der Waals surface area (Å²) in [5.74, 6) is -0.0161. The van der Waals surface area contributed by atoms with Gasteiger partial charge in [-0.1, -0.05) is 47.5 Å². The fraction of sp³-hybridized carbons (Fsp3) is 0.300. The molecule has 39 heavy (non-hydrogen) atoms. The Morgan fingerprint density at radius 3 is 2.56 bits per heavy atom. The number of nitrogens with zero attached hydrogens (tertiary/aromatic N) is 2. The van der Waals surface area contributed by atoms with E-state index >= 15 is 0 Å². The molecule has 2 aliphatic rings. The highest BCUT2D eigenvalue weighted by molar-refractivity contribution is 6.42. The Kier molecular flexibility index (Phi) is 7.16. The third kappa shape index (κ3) is 5.08. The van der Waals surface area contributed by atoms with Gasteiger partial charge in [-0.25, -0.2) is 0 Å². The Balaban J connectivity index is 1.25. The average Bonchev–Trinajstić information content (AvgIpc) is 3.33. The number of carboxylic acids is 1. The third-order valence-corrected chi connectivity index (χ3v) is 8.62. The van der Waals surface area contributed by atoms with Gasteiger partial charge in [0.1, 0.15) is 11.8 Å². The molecule has 0 saturated carbocycles. The number of piperazine rings is 1. The first-order chi connectivity index (χ1) is 18.9. The average molecular weight is 566 g/mol. The number of fused-ring (bicyclic) bond motifs is 3.